The molecule has 12 aromatic carbocycles. The first kappa shape index (κ1) is 44.2. The Labute approximate surface area is 440 Å². The molecule has 0 atom stereocenters. The molecule has 0 N–H and O–H groups in total. The molecule has 0 amide bonds. The zero-order valence-electron chi connectivity index (χ0n) is 41.4. The van der Waals surface area contributed by atoms with E-state index in [0.717, 1.165) is 17.1 Å². The molecule has 2 aliphatic carbocycles. The number of hydrogen-bond donors (Lipinski definition) is 0. The van der Waals surface area contributed by atoms with Gasteiger partial charge in [-0.05, 0) is 131 Å². The molecule has 0 aliphatic heterocycles. The van der Waals surface area contributed by atoms with Gasteiger partial charge in [0, 0.05) is 16.9 Å². The molecule has 352 valence electrons. The predicted molar refractivity (Wildman–Crippen MR) is 312 cm³/mol. The second-order valence-corrected chi connectivity index (χ2v) is 19.9. The standard InChI is InChI=1S/C74H51N/c1-5-21-52(22-6-1)53-37-39-54(40-38-53)55-41-46-61(47-42-55)75(72-36-20-14-29-63(72)57-23-7-2-8-24-57)62-48-43-56(44-49-62)58-45-50-65-64-30-13-15-31-66(64)74(71(65)51-58)69-34-18-16-32-67(69)73(59-25-9-3-10-26-59,60-27-11-4-12-28-60)68-33-17-19-35-70(68)74/h1-51H. The molecule has 0 saturated carbocycles. The molecule has 0 unspecified atom stereocenters. The van der Waals surface area contributed by atoms with Crippen molar-refractivity contribution in [2.75, 3.05) is 4.90 Å². The van der Waals surface area contributed by atoms with Crippen molar-refractivity contribution in [3.8, 4) is 55.6 Å². The van der Waals surface area contributed by atoms with Gasteiger partial charge >= 0.3 is 0 Å². The summed E-state index contributed by atoms with van der Waals surface area (Å²) >= 11 is 0. The minimum atomic E-state index is -0.573. The van der Waals surface area contributed by atoms with E-state index in [4.69, 9.17) is 0 Å². The lowest BCUT2D eigenvalue weighted by atomic mass is 9.51. The highest BCUT2D eigenvalue weighted by molar-refractivity contribution is 5.93. The Hall–Kier alpha value is -9.56. The van der Waals surface area contributed by atoms with Crippen molar-refractivity contribution >= 4 is 17.1 Å². The fraction of sp³-hybridized carbons (Fsp3) is 0.0270. The summed E-state index contributed by atoms with van der Waals surface area (Å²) in [6, 6.07) is 114. The summed E-state index contributed by atoms with van der Waals surface area (Å²) in [5.41, 5.74) is 24.6. The average molecular weight is 954 g/mol. The lowest BCUT2D eigenvalue weighted by Gasteiger charge is -2.50. The third-order valence-electron chi connectivity index (χ3n) is 16.1. The first-order chi connectivity index (χ1) is 37.2. The van der Waals surface area contributed by atoms with Crippen LogP contribution in [-0.4, -0.2) is 0 Å². The highest BCUT2D eigenvalue weighted by atomic mass is 15.1. The number of hydrogen-bond acceptors (Lipinski definition) is 1. The minimum Gasteiger partial charge on any atom is -0.310 e. The van der Waals surface area contributed by atoms with Crippen LogP contribution in [0.2, 0.25) is 0 Å². The maximum Gasteiger partial charge on any atom is 0.0720 e. The van der Waals surface area contributed by atoms with Gasteiger partial charge in [-0.1, -0.05) is 273 Å². The van der Waals surface area contributed by atoms with Crippen LogP contribution in [0.3, 0.4) is 0 Å². The van der Waals surface area contributed by atoms with E-state index in [-0.39, 0.29) is 0 Å². The van der Waals surface area contributed by atoms with Gasteiger partial charge in [0.2, 0.25) is 0 Å². The zero-order chi connectivity index (χ0) is 49.8. The molecule has 75 heavy (non-hydrogen) atoms. The number of anilines is 3. The highest BCUT2D eigenvalue weighted by Crippen LogP contribution is 2.64. The van der Waals surface area contributed by atoms with E-state index < -0.39 is 10.8 Å². The van der Waals surface area contributed by atoms with Gasteiger partial charge in [-0.2, -0.15) is 0 Å². The second kappa shape index (κ2) is 18.2. The van der Waals surface area contributed by atoms with Crippen LogP contribution in [0, 0.1) is 0 Å². The monoisotopic (exact) mass is 953 g/mol. The Morgan fingerprint density at radius 2 is 0.533 bits per heavy atom. The number of fused-ring (bicyclic) bond motifs is 9. The summed E-state index contributed by atoms with van der Waals surface area (Å²) in [5, 5.41) is 0. The van der Waals surface area contributed by atoms with Gasteiger partial charge in [-0.3, -0.25) is 0 Å². The first-order valence-electron chi connectivity index (χ1n) is 26.1. The van der Waals surface area contributed by atoms with Crippen LogP contribution in [0.15, 0.2) is 309 Å². The van der Waals surface area contributed by atoms with E-state index in [1.54, 1.807) is 0 Å². The lowest BCUT2D eigenvalue weighted by Crippen LogP contribution is -2.44. The van der Waals surface area contributed by atoms with Crippen molar-refractivity contribution in [3.05, 3.63) is 354 Å². The Bertz CT molecular complexity index is 3920. The fourth-order valence-electron chi connectivity index (χ4n) is 12.8. The topological polar surface area (TPSA) is 3.24 Å². The van der Waals surface area contributed by atoms with Crippen LogP contribution in [0.25, 0.3) is 55.6 Å². The van der Waals surface area contributed by atoms with Crippen molar-refractivity contribution in [1.82, 2.24) is 0 Å². The maximum absolute atomic E-state index is 2.50. The average Bonchev–Trinajstić information content (AvgIpc) is 3.99. The van der Waals surface area contributed by atoms with Crippen LogP contribution in [0.5, 0.6) is 0 Å². The van der Waals surface area contributed by atoms with E-state index in [0.29, 0.717) is 0 Å². The normalized spacial score (nSPS) is 13.3. The van der Waals surface area contributed by atoms with Crippen molar-refractivity contribution in [2.24, 2.45) is 0 Å². The van der Waals surface area contributed by atoms with Gasteiger partial charge in [0.25, 0.3) is 0 Å². The molecule has 0 aromatic heterocycles. The van der Waals surface area contributed by atoms with Crippen LogP contribution >= 0.6 is 0 Å². The molecule has 1 heteroatoms. The molecule has 14 rings (SSSR count). The Balaban J connectivity index is 0.903. The number of nitrogens with zero attached hydrogens (tertiary/aromatic N) is 1. The van der Waals surface area contributed by atoms with Gasteiger partial charge in [-0.15, -0.1) is 0 Å². The zero-order valence-corrected chi connectivity index (χ0v) is 41.4. The molecule has 1 nitrogen and oxygen atoms in total. The molecule has 2 aliphatic rings. The summed E-state index contributed by atoms with van der Waals surface area (Å²) in [7, 11) is 0. The van der Waals surface area contributed by atoms with Gasteiger partial charge in [0.05, 0.1) is 16.5 Å². The summed E-state index contributed by atoms with van der Waals surface area (Å²) in [6.45, 7) is 0. The van der Waals surface area contributed by atoms with Crippen LogP contribution in [0.4, 0.5) is 17.1 Å². The van der Waals surface area contributed by atoms with Gasteiger partial charge in [0.15, 0.2) is 0 Å². The van der Waals surface area contributed by atoms with E-state index in [1.165, 1.54) is 100 Å². The quantitative estimate of drug-likeness (QED) is 0.139. The van der Waals surface area contributed by atoms with Crippen LogP contribution in [-0.2, 0) is 10.8 Å². The fourth-order valence-corrected chi connectivity index (χ4v) is 12.8. The van der Waals surface area contributed by atoms with Crippen molar-refractivity contribution in [1.29, 1.82) is 0 Å². The summed E-state index contributed by atoms with van der Waals surface area (Å²) in [4.78, 5) is 2.41. The van der Waals surface area contributed by atoms with Gasteiger partial charge in [-0.25, -0.2) is 0 Å². The first-order valence-corrected chi connectivity index (χ1v) is 26.1. The van der Waals surface area contributed by atoms with Gasteiger partial charge < -0.3 is 4.90 Å². The van der Waals surface area contributed by atoms with Crippen molar-refractivity contribution in [2.45, 2.75) is 10.8 Å². The molecule has 0 saturated heterocycles. The molecule has 0 radical (unpaired) electrons. The summed E-state index contributed by atoms with van der Waals surface area (Å²) in [6.07, 6.45) is 0. The molecule has 1 spiro atoms. The van der Waals surface area contributed by atoms with Gasteiger partial charge in [0.1, 0.15) is 0 Å². The van der Waals surface area contributed by atoms with E-state index in [1.807, 2.05) is 0 Å². The third kappa shape index (κ3) is 7.00. The molecule has 12 aromatic rings. The lowest BCUT2D eigenvalue weighted by molar-refractivity contribution is 0.624. The molecule has 0 fully saturated rings. The Morgan fingerprint density at radius 1 is 0.200 bits per heavy atom. The largest absolute Gasteiger partial charge is 0.310 e. The van der Waals surface area contributed by atoms with Crippen LogP contribution < -0.4 is 4.90 Å². The Morgan fingerprint density at radius 3 is 1.04 bits per heavy atom. The smallest absolute Gasteiger partial charge is 0.0720 e. The predicted octanol–water partition coefficient (Wildman–Crippen LogP) is 18.9. The number of benzene rings is 12. The molecule has 0 heterocycles. The van der Waals surface area contributed by atoms with Crippen LogP contribution in [0.1, 0.15) is 44.5 Å². The molecular weight excluding hydrogens is 903 g/mol. The second-order valence-electron chi connectivity index (χ2n) is 19.9. The molecular formula is C74H51N. The summed E-state index contributed by atoms with van der Waals surface area (Å²) in [5.74, 6) is 0. The minimum absolute atomic E-state index is 0.550. The third-order valence-corrected chi connectivity index (χ3v) is 16.1. The summed E-state index contributed by atoms with van der Waals surface area (Å²) < 4.78 is 0. The molecule has 0 bridgehead atoms. The van der Waals surface area contributed by atoms with E-state index in [9.17, 15) is 0 Å². The highest BCUT2D eigenvalue weighted by Gasteiger charge is 2.56. The number of rotatable bonds is 9. The maximum atomic E-state index is 2.50. The Kier molecular flexibility index (Phi) is 10.7. The van der Waals surface area contributed by atoms with Crippen molar-refractivity contribution in [3.63, 3.8) is 0 Å². The number of para-hydroxylation sites is 1. The SMILES string of the molecule is c1ccc(-c2ccc(-c3ccc(N(c4ccc(-c5ccc6c(c5)C5(c7ccccc7-6)c6ccccc6C(c6ccccc6)(c6ccccc6)c6ccccc65)cc4)c4ccccc4-c4ccccc4)cc3)cc2)cc1. The van der Waals surface area contributed by atoms with E-state index >= 15 is 0 Å². The van der Waals surface area contributed by atoms with Crippen molar-refractivity contribution < 1.29 is 0 Å². The van der Waals surface area contributed by atoms with E-state index in [2.05, 4.69) is 314 Å².